The van der Waals surface area contributed by atoms with Crippen LogP contribution in [-0.2, 0) is 15.7 Å². The van der Waals surface area contributed by atoms with Crippen molar-refractivity contribution < 1.29 is 22.7 Å². The molecule has 0 unspecified atom stereocenters. The average molecular weight is 249 g/mol. The van der Waals surface area contributed by atoms with E-state index < -0.39 is 17.5 Å². The maximum atomic E-state index is 12.6. The van der Waals surface area contributed by atoms with Crippen molar-refractivity contribution in [2.45, 2.75) is 6.18 Å². The van der Waals surface area contributed by atoms with E-state index in [0.717, 1.165) is 17.4 Å². The van der Waals surface area contributed by atoms with Gasteiger partial charge in [0, 0.05) is 0 Å². The molecule has 0 saturated carbocycles. The van der Waals surface area contributed by atoms with Crippen LogP contribution in [0.15, 0.2) is 17.3 Å². The number of nitrogens with two attached hydrogens (primary N) is 1. The first-order valence-corrected chi connectivity index (χ1v) is 5.10. The molecule has 0 amide bonds. The van der Waals surface area contributed by atoms with Crippen molar-refractivity contribution in [2.75, 3.05) is 6.61 Å². The Kier molecular flexibility index (Phi) is 2.42. The van der Waals surface area contributed by atoms with E-state index in [0.29, 0.717) is 0 Å². The lowest BCUT2D eigenvalue weighted by atomic mass is 10.1. The second kappa shape index (κ2) is 3.51. The maximum absolute atomic E-state index is 12.6. The third kappa shape index (κ3) is 1.67. The molecular weight excluding hydrogens is 243 g/mol. The summed E-state index contributed by atoms with van der Waals surface area (Å²) >= 11 is 0.822. The van der Waals surface area contributed by atoms with Crippen LogP contribution in [0.3, 0.4) is 0 Å². The molecule has 16 heavy (non-hydrogen) atoms. The zero-order valence-electron chi connectivity index (χ0n) is 7.80. The van der Waals surface area contributed by atoms with Crippen LogP contribution in [0.4, 0.5) is 13.2 Å². The van der Waals surface area contributed by atoms with Gasteiger partial charge in [-0.1, -0.05) is 0 Å². The summed E-state index contributed by atoms with van der Waals surface area (Å²) in [7, 11) is 0. The van der Waals surface area contributed by atoms with Crippen LogP contribution in [-0.4, -0.2) is 12.4 Å². The molecule has 86 valence electrons. The third-order valence-electron chi connectivity index (χ3n) is 2.08. The number of hydrogen-bond acceptors (Lipinski definition) is 4. The Bertz CT molecular complexity index is 475. The first-order valence-electron chi connectivity index (χ1n) is 4.22. The van der Waals surface area contributed by atoms with Gasteiger partial charge in [-0.2, -0.15) is 13.2 Å². The van der Waals surface area contributed by atoms with Gasteiger partial charge in [0.25, 0.3) is 0 Å². The van der Waals surface area contributed by atoms with Gasteiger partial charge >= 0.3 is 6.18 Å². The Morgan fingerprint density at radius 3 is 2.62 bits per heavy atom. The van der Waals surface area contributed by atoms with Crippen molar-refractivity contribution in [1.82, 2.24) is 0 Å². The number of rotatable bonds is 1. The topological polar surface area (TPSA) is 52.3 Å². The van der Waals surface area contributed by atoms with Crippen molar-refractivity contribution in [3.8, 4) is 0 Å². The molecule has 0 saturated heterocycles. The van der Waals surface area contributed by atoms with Gasteiger partial charge in [0.2, 0.25) is 5.78 Å². The molecule has 0 bridgehead atoms. The minimum Gasteiger partial charge on any atom is -0.470 e. The number of carbonyl (C=O) groups is 1. The minimum absolute atomic E-state index is 0.165. The lowest BCUT2D eigenvalue weighted by molar-refractivity contribution is -0.137. The van der Waals surface area contributed by atoms with Gasteiger partial charge in [0.15, 0.2) is 12.5 Å². The average Bonchev–Trinajstić information content (AvgIpc) is 2.72. The van der Waals surface area contributed by atoms with Gasteiger partial charge in [-0.05, 0) is 11.4 Å². The molecule has 1 aliphatic rings. The number of alkyl halides is 3. The number of Topliss-reactive ketones (excluding diaryl/α,β-unsaturated/α-hetero) is 1. The van der Waals surface area contributed by atoms with Gasteiger partial charge in [0.1, 0.15) is 0 Å². The van der Waals surface area contributed by atoms with E-state index in [1.807, 2.05) is 0 Å². The quantitative estimate of drug-likeness (QED) is 0.828. The molecule has 1 aromatic rings. The zero-order valence-corrected chi connectivity index (χ0v) is 8.61. The van der Waals surface area contributed by atoms with E-state index in [4.69, 9.17) is 10.5 Å². The Morgan fingerprint density at radius 2 is 2.12 bits per heavy atom. The maximum Gasteiger partial charge on any atom is 0.417 e. The smallest absolute Gasteiger partial charge is 0.417 e. The number of carbonyl (C=O) groups excluding carboxylic acids is 1. The predicted molar refractivity (Wildman–Crippen MR) is 51.4 cm³/mol. The summed E-state index contributed by atoms with van der Waals surface area (Å²) in [5.74, 6) is -0.761. The Morgan fingerprint density at radius 1 is 1.44 bits per heavy atom. The first-order chi connectivity index (χ1) is 7.41. The van der Waals surface area contributed by atoms with Crippen molar-refractivity contribution in [2.24, 2.45) is 5.73 Å². The SMILES string of the molecule is NC1=C(c2sccc2C(F)(F)F)C(=O)CO1. The molecule has 0 fully saturated rings. The van der Waals surface area contributed by atoms with E-state index in [2.05, 4.69) is 0 Å². The van der Waals surface area contributed by atoms with E-state index in [1.54, 1.807) is 0 Å². The summed E-state index contributed by atoms with van der Waals surface area (Å²) in [6.45, 7) is -0.295. The molecule has 2 heterocycles. The summed E-state index contributed by atoms with van der Waals surface area (Å²) in [5.41, 5.74) is 4.33. The predicted octanol–water partition coefficient (Wildman–Crippen LogP) is 1.99. The molecule has 0 aromatic carbocycles. The van der Waals surface area contributed by atoms with E-state index in [9.17, 15) is 18.0 Å². The molecule has 1 aromatic heterocycles. The van der Waals surface area contributed by atoms with E-state index >= 15 is 0 Å². The van der Waals surface area contributed by atoms with Crippen LogP contribution in [0.2, 0.25) is 0 Å². The van der Waals surface area contributed by atoms with Crippen LogP contribution in [0.1, 0.15) is 10.4 Å². The Hall–Kier alpha value is -1.50. The summed E-state index contributed by atoms with van der Waals surface area (Å²) in [5, 5.41) is 1.27. The van der Waals surface area contributed by atoms with Crippen LogP contribution >= 0.6 is 11.3 Å². The Labute approximate surface area is 92.3 Å². The fourth-order valence-corrected chi connectivity index (χ4v) is 2.37. The van der Waals surface area contributed by atoms with Crippen LogP contribution in [0.25, 0.3) is 5.57 Å². The molecular formula is C9H6F3NO2S. The number of halogens is 3. The minimum atomic E-state index is -4.49. The van der Waals surface area contributed by atoms with Crippen molar-refractivity contribution in [1.29, 1.82) is 0 Å². The summed E-state index contributed by atoms with van der Waals surface area (Å²) < 4.78 is 42.5. The normalized spacial score (nSPS) is 16.8. The summed E-state index contributed by atoms with van der Waals surface area (Å²) in [6, 6.07) is 0.922. The van der Waals surface area contributed by atoms with Crippen LogP contribution in [0, 0.1) is 0 Å². The molecule has 3 nitrogen and oxygen atoms in total. The second-order valence-corrected chi connectivity index (χ2v) is 4.03. The summed E-state index contributed by atoms with van der Waals surface area (Å²) in [6.07, 6.45) is -4.49. The highest BCUT2D eigenvalue weighted by Crippen LogP contribution is 2.40. The standard InChI is InChI=1S/C9H6F3NO2S/c10-9(11,12)4-1-2-16-7(4)6-5(14)3-15-8(6)13/h1-2H,3,13H2. The summed E-state index contributed by atoms with van der Waals surface area (Å²) in [4.78, 5) is 11.2. The molecule has 0 spiro atoms. The van der Waals surface area contributed by atoms with E-state index in [1.165, 1.54) is 5.38 Å². The monoisotopic (exact) mass is 249 g/mol. The van der Waals surface area contributed by atoms with Gasteiger partial charge in [0.05, 0.1) is 16.0 Å². The highest BCUT2D eigenvalue weighted by atomic mass is 32.1. The van der Waals surface area contributed by atoms with E-state index in [-0.39, 0.29) is 22.9 Å². The number of ether oxygens (including phenoxy) is 1. The number of hydrogen-bond donors (Lipinski definition) is 1. The molecule has 1 aliphatic heterocycles. The molecule has 0 aliphatic carbocycles. The molecule has 2 N–H and O–H groups in total. The van der Waals surface area contributed by atoms with Gasteiger partial charge in [-0.15, -0.1) is 11.3 Å². The number of ketones is 1. The van der Waals surface area contributed by atoms with Crippen LogP contribution in [0.5, 0.6) is 0 Å². The Balaban J connectivity index is 2.54. The molecule has 2 rings (SSSR count). The van der Waals surface area contributed by atoms with Gasteiger partial charge in [-0.25, -0.2) is 0 Å². The molecule has 7 heteroatoms. The lowest BCUT2D eigenvalue weighted by Gasteiger charge is -2.07. The van der Waals surface area contributed by atoms with Gasteiger partial charge < -0.3 is 10.5 Å². The molecule has 0 radical (unpaired) electrons. The molecule has 0 atom stereocenters. The largest absolute Gasteiger partial charge is 0.470 e. The zero-order chi connectivity index (χ0) is 11.9. The highest BCUT2D eigenvalue weighted by molar-refractivity contribution is 7.11. The fraction of sp³-hybridized carbons (Fsp3) is 0.222. The highest BCUT2D eigenvalue weighted by Gasteiger charge is 2.38. The van der Waals surface area contributed by atoms with Crippen molar-refractivity contribution >= 4 is 22.7 Å². The van der Waals surface area contributed by atoms with Crippen molar-refractivity contribution in [3.05, 3.63) is 27.8 Å². The van der Waals surface area contributed by atoms with Crippen LogP contribution < -0.4 is 5.73 Å². The number of thiophene rings is 1. The third-order valence-corrected chi connectivity index (χ3v) is 3.01. The fourth-order valence-electron chi connectivity index (χ4n) is 1.39. The van der Waals surface area contributed by atoms with Crippen molar-refractivity contribution in [3.63, 3.8) is 0 Å². The first kappa shape index (κ1) is 11.0. The van der Waals surface area contributed by atoms with Gasteiger partial charge in [-0.3, -0.25) is 4.79 Å². The lowest BCUT2D eigenvalue weighted by Crippen LogP contribution is -2.09. The second-order valence-electron chi connectivity index (χ2n) is 3.11.